The lowest BCUT2D eigenvalue weighted by Crippen LogP contribution is -2.44. The maximum Gasteiger partial charge on any atom is 0.0664 e. The lowest BCUT2D eigenvalue weighted by molar-refractivity contribution is 0.145. The van der Waals surface area contributed by atoms with E-state index in [0.29, 0.717) is 12.0 Å². The van der Waals surface area contributed by atoms with E-state index in [1.165, 1.54) is 25.7 Å². The van der Waals surface area contributed by atoms with Crippen LogP contribution in [0.15, 0.2) is 0 Å². The fraction of sp³-hybridized carbons (Fsp3) is 1.00. The predicted octanol–water partition coefficient (Wildman–Crippen LogP) is 1.25. The van der Waals surface area contributed by atoms with Crippen molar-refractivity contribution in [2.24, 2.45) is 11.7 Å². The largest absolute Gasteiger partial charge is 0.392 e. The highest BCUT2D eigenvalue weighted by Gasteiger charge is 2.23. The Balaban J connectivity index is 2.22. The van der Waals surface area contributed by atoms with Gasteiger partial charge in [-0.3, -0.25) is 0 Å². The first kappa shape index (κ1) is 12.9. The molecular formula is C12H26N2O. The van der Waals surface area contributed by atoms with Crippen LogP contribution >= 0.6 is 0 Å². The van der Waals surface area contributed by atoms with Crippen LogP contribution in [0.3, 0.4) is 0 Å². The summed E-state index contributed by atoms with van der Waals surface area (Å²) in [5, 5.41) is 13.1. The quantitative estimate of drug-likeness (QED) is 0.624. The van der Waals surface area contributed by atoms with Gasteiger partial charge >= 0.3 is 0 Å². The molecule has 3 atom stereocenters. The molecule has 0 aliphatic heterocycles. The summed E-state index contributed by atoms with van der Waals surface area (Å²) in [4.78, 5) is 0. The second kappa shape index (κ2) is 7.20. The summed E-state index contributed by atoms with van der Waals surface area (Å²) in [7, 11) is 0. The van der Waals surface area contributed by atoms with E-state index in [1.807, 2.05) is 0 Å². The normalized spacial score (nSPS) is 29.0. The summed E-state index contributed by atoms with van der Waals surface area (Å²) in [6, 6.07) is 0.537. The van der Waals surface area contributed by atoms with Gasteiger partial charge in [-0.25, -0.2) is 0 Å². The van der Waals surface area contributed by atoms with Gasteiger partial charge < -0.3 is 16.2 Å². The van der Waals surface area contributed by atoms with Gasteiger partial charge in [-0.15, -0.1) is 0 Å². The van der Waals surface area contributed by atoms with Crippen molar-refractivity contribution in [2.45, 2.75) is 57.6 Å². The van der Waals surface area contributed by atoms with E-state index in [1.54, 1.807) is 0 Å². The van der Waals surface area contributed by atoms with Crippen LogP contribution in [-0.4, -0.2) is 30.3 Å². The Bertz CT molecular complexity index is 164. The van der Waals surface area contributed by atoms with Gasteiger partial charge in [-0.05, 0) is 31.7 Å². The van der Waals surface area contributed by atoms with Gasteiger partial charge in [0, 0.05) is 12.6 Å². The highest BCUT2D eigenvalue weighted by Crippen LogP contribution is 2.23. The molecule has 1 aliphatic rings. The first-order valence-corrected chi connectivity index (χ1v) is 6.39. The van der Waals surface area contributed by atoms with Crippen LogP contribution < -0.4 is 11.1 Å². The molecule has 0 aromatic carbocycles. The van der Waals surface area contributed by atoms with Gasteiger partial charge in [-0.1, -0.05) is 26.2 Å². The summed E-state index contributed by atoms with van der Waals surface area (Å²) in [6.07, 6.45) is 6.85. The minimum atomic E-state index is -0.185. The van der Waals surface area contributed by atoms with E-state index in [9.17, 15) is 5.11 Å². The van der Waals surface area contributed by atoms with Crippen LogP contribution in [0.5, 0.6) is 0 Å². The average Bonchev–Trinajstić information content (AvgIpc) is 2.27. The maximum absolute atomic E-state index is 9.65. The predicted molar refractivity (Wildman–Crippen MR) is 63.7 cm³/mol. The minimum Gasteiger partial charge on any atom is -0.392 e. The van der Waals surface area contributed by atoms with E-state index in [-0.39, 0.29) is 6.10 Å². The first-order valence-electron chi connectivity index (χ1n) is 6.39. The number of nitrogens with one attached hydrogen (secondary N) is 1. The highest BCUT2D eigenvalue weighted by atomic mass is 16.3. The SMILES string of the molecule is CCCC(O)CNC1CCCCC1CN. The van der Waals surface area contributed by atoms with Gasteiger partial charge in [0.15, 0.2) is 0 Å². The van der Waals surface area contributed by atoms with Crippen molar-refractivity contribution in [3.8, 4) is 0 Å². The van der Waals surface area contributed by atoms with Crippen molar-refractivity contribution in [2.75, 3.05) is 13.1 Å². The number of rotatable bonds is 6. The van der Waals surface area contributed by atoms with Crippen molar-refractivity contribution in [3.63, 3.8) is 0 Å². The molecule has 0 saturated heterocycles. The Hall–Kier alpha value is -0.120. The van der Waals surface area contributed by atoms with E-state index in [4.69, 9.17) is 5.73 Å². The second-order valence-corrected chi connectivity index (χ2v) is 4.74. The van der Waals surface area contributed by atoms with E-state index >= 15 is 0 Å². The van der Waals surface area contributed by atoms with E-state index < -0.39 is 0 Å². The summed E-state index contributed by atoms with van der Waals surface area (Å²) in [6.45, 7) is 3.61. The third-order valence-electron chi connectivity index (χ3n) is 3.45. The fourth-order valence-electron chi connectivity index (χ4n) is 2.48. The van der Waals surface area contributed by atoms with Gasteiger partial charge in [0.25, 0.3) is 0 Å². The van der Waals surface area contributed by atoms with Gasteiger partial charge in [-0.2, -0.15) is 0 Å². The minimum absolute atomic E-state index is 0.185. The molecule has 0 radical (unpaired) electrons. The number of aliphatic hydroxyl groups is 1. The van der Waals surface area contributed by atoms with Crippen molar-refractivity contribution in [1.82, 2.24) is 5.32 Å². The highest BCUT2D eigenvalue weighted by molar-refractivity contribution is 4.82. The van der Waals surface area contributed by atoms with Crippen LogP contribution in [0.2, 0.25) is 0 Å². The molecule has 3 heteroatoms. The van der Waals surface area contributed by atoms with E-state index in [0.717, 1.165) is 25.9 Å². The molecule has 0 heterocycles. The third-order valence-corrected chi connectivity index (χ3v) is 3.45. The number of hydrogen-bond acceptors (Lipinski definition) is 3. The molecule has 3 nitrogen and oxygen atoms in total. The smallest absolute Gasteiger partial charge is 0.0664 e. The first-order chi connectivity index (χ1) is 7.27. The molecular weight excluding hydrogens is 188 g/mol. The van der Waals surface area contributed by atoms with Crippen LogP contribution in [0.4, 0.5) is 0 Å². The monoisotopic (exact) mass is 214 g/mol. The Morgan fingerprint density at radius 1 is 1.40 bits per heavy atom. The van der Waals surface area contributed by atoms with Crippen LogP contribution in [0.25, 0.3) is 0 Å². The number of nitrogens with two attached hydrogens (primary N) is 1. The molecule has 0 spiro atoms. The molecule has 15 heavy (non-hydrogen) atoms. The lowest BCUT2D eigenvalue weighted by atomic mass is 9.84. The topological polar surface area (TPSA) is 58.3 Å². The zero-order valence-corrected chi connectivity index (χ0v) is 9.91. The van der Waals surface area contributed by atoms with Crippen molar-refractivity contribution in [3.05, 3.63) is 0 Å². The Kier molecular flexibility index (Phi) is 6.22. The Labute approximate surface area is 93.4 Å². The zero-order valence-electron chi connectivity index (χ0n) is 9.91. The standard InChI is InChI=1S/C12H26N2O/c1-2-5-11(15)9-14-12-7-4-3-6-10(12)8-13/h10-12,14-15H,2-9,13H2,1H3. The molecule has 1 saturated carbocycles. The second-order valence-electron chi connectivity index (χ2n) is 4.74. The van der Waals surface area contributed by atoms with Crippen LogP contribution in [-0.2, 0) is 0 Å². The molecule has 0 aromatic rings. The average molecular weight is 214 g/mol. The van der Waals surface area contributed by atoms with Gasteiger partial charge in [0.05, 0.1) is 6.10 Å². The Morgan fingerprint density at radius 2 is 2.13 bits per heavy atom. The summed E-state index contributed by atoms with van der Waals surface area (Å²) < 4.78 is 0. The molecule has 4 N–H and O–H groups in total. The van der Waals surface area contributed by atoms with Crippen LogP contribution in [0, 0.1) is 5.92 Å². The number of aliphatic hydroxyl groups excluding tert-OH is 1. The molecule has 0 aromatic heterocycles. The molecule has 90 valence electrons. The third kappa shape index (κ3) is 4.49. The summed E-state index contributed by atoms with van der Waals surface area (Å²) in [5.41, 5.74) is 5.76. The maximum atomic E-state index is 9.65. The van der Waals surface area contributed by atoms with Gasteiger partial charge in [0.2, 0.25) is 0 Å². The number of hydrogen-bond donors (Lipinski definition) is 3. The molecule has 0 amide bonds. The van der Waals surface area contributed by atoms with Crippen molar-refractivity contribution >= 4 is 0 Å². The zero-order chi connectivity index (χ0) is 11.1. The molecule has 1 aliphatic carbocycles. The molecule has 1 fully saturated rings. The lowest BCUT2D eigenvalue weighted by Gasteiger charge is -2.32. The van der Waals surface area contributed by atoms with Crippen LogP contribution in [0.1, 0.15) is 45.4 Å². The van der Waals surface area contributed by atoms with Gasteiger partial charge in [0.1, 0.15) is 0 Å². The molecule has 0 bridgehead atoms. The molecule has 3 unspecified atom stereocenters. The summed E-state index contributed by atoms with van der Waals surface area (Å²) in [5.74, 6) is 0.618. The fourth-order valence-corrected chi connectivity index (χ4v) is 2.48. The van der Waals surface area contributed by atoms with E-state index in [2.05, 4.69) is 12.2 Å². The van der Waals surface area contributed by atoms with Crippen molar-refractivity contribution < 1.29 is 5.11 Å². The molecule has 1 rings (SSSR count). The Morgan fingerprint density at radius 3 is 2.80 bits per heavy atom. The summed E-state index contributed by atoms with van der Waals surface area (Å²) >= 11 is 0. The van der Waals surface area contributed by atoms with Crippen molar-refractivity contribution in [1.29, 1.82) is 0 Å².